The van der Waals surface area contributed by atoms with Crippen molar-refractivity contribution >= 4 is 5.97 Å². The van der Waals surface area contributed by atoms with E-state index in [0.717, 1.165) is 32.2 Å². The maximum absolute atomic E-state index is 11.2. The van der Waals surface area contributed by atoms with Crippen LogP contribution in [-0.2, 0) is 9.53 Å². The maximum atomic E-state index is 11.2. The Morgan fingerprint density at radius 3 is 2.55 bits per heavy atom. The number of hydrogen-bond acceptors (Lipinski definition) is 3. The third-order valence-corrected chi connectivity index (χ3v) is 3.36. The van der Waals surface area contributed by atoms with Crippen LogP contribution in [0.3, 0.4) is 0 Å². The molecule has 1 atom stereocenters. The van der Waals surface area contributed by atoms with Crippen LogP contribution in [-0.4, -0.2) is 19.1 Å². The van der Waals surface area contributed by atoms with Gasteiger partial charge in [0.05, 0.1) is 6.61 Å². The summed E-state index contributed by atoms with van der Waals surface area (Å²) in [6.45, 7) is 5.52. The summed E-state index contributed by atoms with van der Waals surface area (Å²) < 4.78 is 4.91. The molecule has 1 N–H and O–H groups in total. The molecule has 0 bridgehead atoms. The van der Waals surface area contributed by atoms with Crippen LogP contribution in [0.1, 0.15) is 57.6 Å². The van der Waals surface area contributed by atoms with E-state index in [1.54, 1.807) is 0 Å². The van der Waals surface area contributed by atoms with Crippen LogP contribution < -0.4 is 5.32 Å². The second kappa shape index (κ2) is 10.4. The Kier molecular flexibility index (Phi) is 8.72. The fourth-order valence-electron chi connectivity index (χ4n) is 2.26. The summed E-state index contributed by atoms with van der Waals surface area (Å²) in [4.78, 5) is 11.2. The van der Waals surface area contributed by atoms with Gasteiger partial charge in [-0.25, -0.2) is 0 Å². The number of rotatable bonds is 10. The van der Waals surface area contributed by atoms with Crippen LogP contribution in [0, 0.1) is 0 Å². The molecule has 0 saturated heterocycles. The molecular weight excluding hydrogens is 250 g/mol. The molecule has 0 aromatic heterocycles. The highest BCUT2D eigenvalue weighted by atomic mass is 16.5. The Balaban J connectivity index is 2.12. The first-order valence-corrected chi connectivity index (χ1v) is 7.71. The Morgan fingerprint density at radius 2 is 1.90 bits per heavy atom. The molecule has 0 heterocycles. The number of ether oxygens (including phenoxy) is 1. The Hall–Kier alpha value is -1.35. The zero-order chi connectivity index (χ0) is 14.6. The van der Waals surface area contributed by atoms with Gasteiger partial charge in [0.15, 0.2) is 0 Å². The van der Waals surface area contributed by atoms with Crippen LogP contribution in [0.4, 0.5) is 0 Å². The normalized spacial score (nSPS) is 12.1. The van der Waals surface area contributed by atoms with Gasteiger partial charge < -0.3 is 10.1 Å². The number of benzene rings is 1. The molecule has 1 rings (SSSR count). The molecule has 0 aliphatic heterocycles. The van der Waals surface area contributed by atoms with Crippen molar-refractivity contribution in [1.82, 2.24) is 5.32 Å². The number of esters is 1. The molecule has 0 fully saturated rings. The molecule has 1 aromatic carbocycles. The summed E-state index contributed by atoms with van der Waals surface area (Å²) in [5.41, 5.74) is 1.35. The van der Waals surface area contributed by atoms with E-state index < -0.39 is 0 Å². The SMILES string of the molecule is CCOC(=O)CCCCCNC(CC)c1ccccc1. The van der Waals surface area contributed by atoms with Crippen LogP contribution in [0.2, 0.25) is 0 Å². The van der Waals surface area contributed by atoms with Gasteiger partial charge in [0.25, 0.3) is 0 Å². The van der Waals surface area contributed by atoms with Crippen molar-refractivity contribution < 1.29 is 9.53 Å². The van der Waals surface area contributed by atoms with Gasteiger partial charge >= 0.3 is 5.97 Å². The second-order valence-electron chi connectivity index (χ2n) is 4.94. The third-order valence-electron chi connectivity index (χ3n) is 3.36. The predicted molar refractivity (Wildman–Crippen MR) is 82.6 cm³/mol. The van der Waals surface area contributed by atoms with Crippen molar-refractivity contribution in [3.8, 4) is 0 Å². The van der Waals surface area contributed by atoms with E-state index in [4.69, 9.17) is 4.74 Å². The van der Waals surface area contributed by atoms with E-state index in [0.29, 0.717) is 19.1 Å². The largest absolute Gasteiger partial charge is 0.466 e. The first kappa shape index (κ1) is 16.7. The van der Waals surface area contributed by atoms with Crippen LogP contribution in [0.25, 0.3) is 0 Å². The van der Waals surface area contributed by atoms with Crippen LogP contribution in [0.15, 0.2) is 30.3 Å². The molecule has 0 amide bonds. The lowest BCUT2D eigenvalue weighted by atomic mass is 10.0. The summed E-state index contributed by atoms with van der Waals surface area (Å²) in [6.07, 6.45) is 4.72. The fourth-order valence-corrected chi connectivity index (χ4v) is 2.26. The number of nitrogens with one attached hydrogen (secondary N) is 1. The average Bonchev–Trinajstić information content (AvgIpc) is 2.48. The van der Waals surface area contributed by atoms with E-state index in [1.165, 1.54) is 5.56 Å². The lowest BCUT2D eigenvalue weighted by molar-refractivity contribution is -0.143. The monoisotopic (exact) mass is 277 g/mol. The second-order valence-corrected chi connectivity index (χ2v) is 4.94. The highest BCUT2D eigenvalue weighted by Crippen LogP contribution is 2.15. The van der Waals surface area contributed by atoms with Gasteiger partial charge in [-0.05, 0) is 38.3 Å². The topological polar surface area (TPSA) is 38.3 Å². The minimum atomic E-state index is -0.0730. The number of carbonyl (C=O) groups excluding carboxylic acids is 1. The molecule has 3 heteroatoms. The van der Waals surface area contributed by atoms with Crippen LogP contribution in [0.5, 0.6) is 0 Å². The van der Waals surface area contributed by atoms with Crippen molar-refractivity contribution in [2.45, 2.75) is 52.0 Å². The van der Waals surface area contributed by atoms with Gasteiger partial charge in [0, 0.05) is 12.5 Å². The lowest BCUT2D eigenvalue weighted by Gasteiger charge is -2.17. The summed E-state index contributed by atoms with van der Waals surface area (Å²) >= 11 is 0. The molecule has 112 valence electrons. The molecule has 0 radical (unpaired) electrons. The minimum Gasteiger partial charge on any atom is -0.466 e. The van der Waals surface area contributed by atoms with Gasteiger partial charge in [-0.1, -0.05) is 43.7 Å². The maximum Gasteiger partial charge on any atom is 0.305 e. The highest BCUT2D eigenvalue weighted by Gasteiger charge is 2.07. The molecule has 20 heavy (non-hydrogen) atoms. The molecule has 0 spiro atoms. The molecule has 0 aliphatic carbocycles. The zero-order valence-electron chi connectivity index (χ0n) is 12.7. The van der Waals surface area contributed by atoms with Gasteiger partial charge in [-0.15, -0.1) is 0 Å². The quantitative estimate of drug-likeness (QED) is 0.521. The van der Waals surface area contributed by atoms with Crippen molar-refractivity contribution in [2.75, 3.05) is 13.2 Å². The number of hydrogen-bond donors (Lipinski definition) is 1. The predicted octanol–water partition coefficient (Wildman–Crippen LogP) is 3.85. The summed E-state index contributed by atoms with van der Waals surface area (Å²) in [5.74, 6) is -0.0730. The Morgan fingerprint density at radius 1 is 1.15 bits per heavy atom. The van der Waals surface area contributed by atoms with Gasteiger partial charge in [-0.3, -0.25) is 4.79 Å². The van der Waals surface area contributed by atoms with E-state index in [2.05, 4.69) is 36.5 Å². The molecule has 0 saturated carbocycles. The first-order valence-electron chi connectivity index (χ1n) is 7.71. The standard InChI is InChI=1S/C17H27NO2/c1-3-16(15-11-7-5-8-12-15)18-14-10-6-9-13-17(19)20-4-2/h5,7-8,11-12,16,18H,3-4,6,9-10,13-14H2,1-2H3. The summed E-state index contributed by atoms with van der Waals surface area (Å²) in [6, 6.07) is 11.0. The summed E-state index contributed by atoms with van der Waals surface area (Å²) in [5, 5.41) is 3.58. The summed E-state index contributed by atoms with van der Waals surface area (Å²) in [7, 11) is 0. The Labute approximate surface area is 122 Å². The molecular formula is C17H27NO2. The van der Waals surface area contributed by atoms with Gasteiger partial charge in [0.2, 0.25) is 0 Å². The van der Waals surface area contributed by atoms with E-state index in [1.807, 2.05) is 13.0 Å². The average molecular weight is 277 g/mol. The fraction of sp³-hybridized carbons (Fsp3) is 0.588. The van der Waals surface area contributed by atoms with Crippen molar-refractivity contribution in [3.63, 3.8) is 0 Å². The van der Waals surface area contributed by atoms with E-state index in [-0.39, 0.29) is 5.97 Å². The molecule has 0 aliphatic rings. The minimum absolute atomic E-state index is 0.0730. The van der Waals surface area contributed by atoms with E-state index in [9.17, 15) is 4.79 Å². The van der Waals surface area contributed by atoms with E-state index >= 15 is 0 Å². The molecule has 3 nitrogen and oxygen atoms in total. The van der Waals surface area contributed by atoms with Crippen LogP contribution >= 0.6 is 0 Å². The zero-order valence-corrected chi connectivity index (χ0v) is 12.7. The Bertz CT molecular complexity index is 365. The first-order chi connectivity index (χ1) is 9.77. The van der Waals surface area contributed by atoms with Gasteiger partial charge in [-0.2, -0.15) is 0 Å². The van der Waals surface area contributed by atoms with Crippen molar-refractivity contribution in [2.24, 2.45) is 0 Å². The number of carbonyl (C=O) groups is 1. The lowest BCUT2D eigenvalue weighted by Crippen LogP contribution is -2.21. The van der Waals surface area contributed by atoms with Gasteiger partial charge in [0.1, 0.15) is 0 Å². The highest BCUT2D eigenvalue weighted by molar-refractivity contribution is 5.69. The molecule has 1 aromatic rings. The third kappa shape index (κ3) is 6.71. The smallest absolute Gasteiger partial charge is 0.305 e. The van der Waals surface area contributed by atoms with Crippen molar-refractivity contribution in [1.29, 1.82) is 0 Å². The van der Waals surface area contributed by atoms with Crippen molar-refractivity contribution in [3.05, 3.63) is 35.9 Å². The molecule has 1 unspecified atom stereocenters. The number of unbranched alkanes of at least 4 members (excludes halogenated alkanes) is 2.